The SMILES string of the molecule is Cc1cc(C#N)cc2sc(C#N)cc12. The van der Waals surface area contributed by atoms with Crippen molar-refractivity contribution in [3.05, 3.63) is 34.2 Å². The van der Waals surface area contributed by atoms with Gasteiger partial charge in [0, 0.05) is 4.70 Å². The second-order valence-corrected chi connectivity index (χ2v) is 4.12. The average Bonchev–Trinajstić information content (AvgIpc) is 2.61. The Balaban J connectivity index is 2.83. The lowest BCUT2D eigenvalue weighted by Crippen LogP contribution is -1.77. The van der Waals surface area contributed by atoms with Crippen molar-refractivity contribution in [3.63, 3.8) is 0 Å². The van der Waals surface area contributed by atoms with Crippen molar-refractivity contribution >= 4 is 21.4 Å². The first-order chi connectivity index (χ1) is 6.74. The fraction of sp³-hybridized carbons (Fsp3) is 0.0909. The molecular weight excluding hydrogens is 192 g/mol. The molecule has 0 unspecified atom stereocenters. The molecule has 2 rings (SSSR count). The van der Waals surface area contributed by atoms with E-state index >= 15 is 0 Å². The Morgan fingerprint density at radius 2 is 1.93 bits per heavy atom. The van der Waals surface area contributed by atoms with Crippen LogP contribution in [0.3, 0.4) is 0 Å². The Hall–Kier alpha value is -1.84. The summed E-state index contributed by atoms with van der Waals surface area (Å²) in [6.45, 7) is 1.96. The minimum absolute atomic E-state index is 0.654. The molecule has 14 heavy (non-hydrogen) atoms. The van der Waals surface area contributed by atoms with E-state index in [-0.39, 0.29) is 0 Å². The molecule has 0 saturated carbocycles. The van der Waals surface area contributed by atoms with Gasteiger partial charge in [0.1, 0.15) is 10.9 Å². The number of benzene rings is 1. The standard InChI is InChI=1S/C11H6N2S/c1-7-2-8(5-12)3-11-10(7)4-9(6-13)14-11/h2-4H,1H3. The molecular formula is C11H6N2S. The molecule has 1 heterocycles. The highest BCUT2D eigenvalue weighted by molar-refractivity contribution is 7.19. The normalized spacial score (nSPS) is 9.64. The van der Waals surface area contributed by atoms with Gasteiger partial charge in [0.25, 0.3) is 0 Å². The van der Waals surface area contributed by atoms with Gasteiger partial charge in [-0.05, 0) is 36.1 Å². The van der Waals surface area contributed by atoms with E-state index in [2.05, 4.69) is 12.1 Å². The Morgan fingerprint density at radius 1 is 1.14 bits per heavy atom. The molecule has 0 spiro atoms. The zero-order valence-corrected chi connectivity index (χ0v) is 8.35. The maximum Gasteiger partial charge on any atom is 0.110 e. The summed E-state index contributed by atoms with van der Waals surface area (Å²) in [5.74, 6) is 0. The van der Waals surface area contributed by atoms with Gasteiger partial charge in [-0.25, -0.2) is 0 Å². The average molecular weight is 198 g/mol. The number of rotatable bonds is 0. The van der Waals surface area contributed by atoms with Crippen molar-refractivity contribution in [1.29, 1.82) is 10.5 Å². The van der Waals surface area contributed by atoms with Crippen LogP contribution < -0.4 is 0 Å². The number of hydrogen-bond acceptors (Lipinski definition) is 3. The molecule has 2 nitrogen and oxygen atoms in total. The summed E-state index contributed by atoms with van der Waals surface area (Å²) in [5.41, 5.74) is 1.71. The van der Waals surface area contributed by atoms with Crippen molar-refractivity contribution in [2.24, 2.45) is 0 Å². The minimum Gasteiger partial charge on any atom is -0.192 e. The zero-order valence-electron chi connectivity index (χ0n) is 7.53. The largest absolute Gasteiger partial charge is 0.192 e. The molecule has 3 heteroatoms. The van der Waals surface area contributed by atoms with Gasteiger partial charge in [0.2, 0.25) is 0 Å². The number of thiophene rings is 1. The van der Waals surface area contributed by atoms with E-state index in [9.17, 15) is 0 Å². The third-order valence-electron chi connectivity index (χ3n) is 2.08. The van der Waals surface area contributed by atoms with Crippen LogP contribution in [0.2, 0.25) is 0 Å². The lowest BCUT2D eigenvalue weighted by atomic mass is 10.1. The van der Waals surface area contributed by atoms with E-state index in [0.717, 1.165) is 15.6 Å². The quantitative estimate of drug-likeness (QED) is 0.653. The van der Waals surface area contributed by atoms with Crippen LogP contribution in [0.15, 0.2) is 18.2 Å². The maximum absolute atomic E-state index is 8.78. The van der Waals surface area contributed by atoms with Crippen molar-refractivity contribution in [2.75, 3.05) is 0 Å². The molecule has 0 amide bonds. The summed E-state index contributed by atoms with van der Waals surface area (Å²) in [7, 11) is 0. The highest BCUT2D eigenvalue weighted by atomic mass is 32.1. The van der Waals surface area contributed by atoms with E-state index in [0.29, 0.717) is 10.4 Å². The number of nitrogens with zero attached hydrogens (tertiary/aromatic N) is 2. The number of fused-ring (bicyclic) bond motifs is 1. The molecule has 0 saturated heterocycles. The van der Waals surface area contributed by atoms with Gasteiger partial charge in [-0.15, -0.1) is 11.3 Å². The molecule has 0 bridgehead atoms. The number of nitriles is 2. The predicted octanol–water partition coefficient (Wildman–Crippen LogP) is 2.95. The van der Waals surface area contributed by atoms with Crippen LogP contribution in [0.5, 0.6) is 0 Å². The van der Waals surface area contributed by atoms with Crippen LogP contribution in [0.4, 0.5) is 0 Å². The van der Waals surface area contributed by atoms with Crippen LogP contribution in [0.25, 0.3) is 10.1 Å². The van der Waals surface area contributed by atoms with Crippen LogP contribution in [0, 0.1) is 29.6 Å². The van der Waals surface area contributed by atoms with Crippen LogP contribution in [-0.2, 0) is 0 Å². The van der Waals surface area contributed by atoms with Crippen LogP contribution in [-0.4, -0.2) is 0 Å². The van der Waals surface area contributed by atoms with E-state index in [4.69, 9.17) is 10.5 Å². The smallest absolute Gasteiger partial charge is 0.110 e. The molecule has 0 fully saturated rings. The molecule has 0 aliphatic heterocycles. The topological polar surface area (TPSA) is 47.6 Å². The van der Waals surface area contributed by atoms with Crippen molar-refractivity contribution in [1.82, 2.24) is 0 Å². The molecule has 0 atom stereocenters. The summed E-state index contributed by atoms with van der Waals surface area (Å²) in [4.78, 5) is 0.693. The first kappa shape index (κ1) is 8.74. The summed E-state index contributed by atoms with van der Waals surface area (Å²) in [6.07, 6.45) is 0. The molecule has 1 aromatic carbocycles. The van der Waals surface area contributed by atoms with Gasteiger partial charge in [0.05, 0.1) is 11.6 Å². The molecule has 2 aromatic rings. The molecule has 0 radical (unpaired) electrons. The summed E-state index contributed by atoms with van der Waals surface area (Å²) >= 11 is 1.43. The van der Waals surface area contributed by atoms with Crippen molar-refractivity contribution < 1.29 is 0 Å². The third kappa shape index (κ3) is 1.25. The Labute approximate surface area is 85.6 Å². The summed E-state index contributed by atoms with van der Waals surface area (Å²) in [6, 6.07) is 9.77. The molecule has 0 N–H and O–H groups in total. The predicted molar refractivity (Wildman–Crippen MR) is 56.0 cm³/mol. The van der Waals surface area contributed by atoms with Crippen LogP contribution >= 0.6 is 11.3 Å². The highest BCUT2D eigenvalue weighted by Crippen LogP contribution is 2.28. The first-order valence-electron chi connectivity index (χ1n) is 4.09. The lowest BCUT2D eigenvalue weighted by molar-refractivity contribution is 1.46. The van der Waals surface area contributed by atoms with Gasteiger partial charge in [0.15, 0.2) is 0 Å². The fourth-order valence-electron chi connectivity index (χ4n) is 1.43. The molecule has 66 valence electrons. The zero-order chi connectivity index (χ0) is 10.1. The Kier molecular flexibility index (Phi) is 1.96. The van der Waals surface area contributed by atoms with Crippen LogP contribution in [0.1, 0.15) is 16.0 Å². The number of aryl methyl sites for hydroxylation is 1. The van der Waals surface area contributed by atoms with E-state index in [1.807, 2.05) is 25.1 Å². The van der Waals surface area contributed by atoms with Gasteiger partial charge in [-0.2, -0.15) is 10.5 Å². The highest BCUT2D eigenvalue weighted by Gasteiger charge is 2.05. The summed E-state index contributed by atoms with van der Waals surface area (Å²) in [5, 5.41) is 18.6. The molecule has 1 aromatic heterocycles. The minimum atomic E-state index is 0.654. The Morgan fingerprint density at radius 3 is 2.57 bits per heavy atom. The fourth-order valence-corrected chi connectivity index (χ4v) is 2.41. The lowest BCUT2D eigenvalue weighted by Gasteiger charge is -1.95. The van der Waals surface area contributed by atoms with Gasteiger partial charge >= 0.3 is 0 Å². The molecule has 0 aliphatic carbocycles. The van der Waals surface area contributed by atoms with Gasteiger partial charge in [-0.3, -0.25) is 0 Å². The van der Waals surface area contributed by atoms with Crippen molar-refractivity contribution in [2.45, 2.75) is 6.92 Å². The van der Waals surface area contributed by atoms with E-state index in [1.54, 1.807) is 0 Å². The maximum atomic E-state index is 8.78. The van der Waals surface area contributed by atoms with E-state index < -0.39 is 0 Å². The monoisotopic (exact) mass is 198 g/mol. The first-order valence-corrected chi connectivity index (χ1v) is 4.90. The molecule has 0 aliphatic rings. The van der Waals surface area contributed by atoms with Gasteiger partial charge in [-0.1, -0.05) is 0 Å². The van der Waals surface area contributed by atoms with E-state index in [1.165, 1.54) is 11.3 Å². The number of hydrogen-bond donors (Lipinski definition) is 0. The second-order valence-electron chi connectivity index (χ2n) is 3.04. The Bertz CT molecular complexity index is 582. The third-order valence-corrected chi connectivity index (χ3v) is 3.07. The summed E-state index contributed by atoms with van der Waals surface area (Å²) < 4.78 is 1.01. The van der Waals surface area contributed by atoms with Gasteiger partial charge < -0.3 is 0 Å². The second kappa shape index (κ2) is 3.14. The van der Waals surface area contributed by atoms with Crippen molar-refractivity contribution in [3.8, 4) is 12.1 Å².